The standard InChI is InChI=1S/C8H14O3/c1-6(2)5-11-7(3)8(9)10-4/h6H,3,5H2,1-2,4H3. The third kappa shape index (κ3) is 4.42. The average Bonchev–Trinajstić information content (AvgIpc) is 1.98. The Balaban J connectivity index is 3.61. The molecule has 0 saturated heterocycles. The first-order chi connectivity index (χ1) is 5.07. The van der Waals surface area contributed by atoms with Gasteiger partial charge in [0.15, 0.2) is 5.76 Å². The highest BCUT2D eigenvalue weighted by atomic mass is 16.6. The summed E-state index contributed by atoms with van der Waals surface area (Å²) in [6.45, 7) is 7.88. The number of carbonyl (C=O) groups excluding carboxylic acids is 1. The largest absolute Gasteiger partial charge is 0.487 e. The van der Waals surface area contributed by atoms with Crippen LogP contribution in [0.5, 0.6) is 0 Å². The monoisotopic (exact) mass is 158 g/mol. The van der Waals surface area contributed by atoms with E-state index < -0.39 is 5.97 Å². The molecule has 64 valence electrons. The molecule has 0 aromatic heterocycles. The molecule has 0 aromatic rings. The fourth-order valence-electron chi connectivity index (χ4n) is 0.440. The van der Waals surface area contributed by atoms with Gasteiger partial charge in [-0.1, -0.05) is 13.8 Å². The Bertz CT molecular complexity index is 149. The topological polar surface area (TPSA) is 35.5 Å². The smallest absolute Gasteiger partial charge is 0.372 e. The number of rotatable bonds is 4. The number of carbonyl (C=O) groups is 1. The zero-order valence-corrected chi connectivity index (χ0v) is 7.22. The maximum atomic E-state index is 10.7. The highest BCUT2D eigenvalue weighted by molar-refractivity contribution is 5.85. The van der Waals surface area contributed by atoms with E-state index in [4.69, 9.17) is 4.74 Å². The van der Waals surface area contributed by atoms with Gasteiger partial charge in [0.2, 0.25) is 0 Å². The van der Waals surface area contributed by atoms with Gasteiger partial charge >= 0.3 is 5.97 Å². The number of esters is 1. The van der Waals surface area contributed by atoms with Crippen molar-refractivity contribution in [3.05, 3.63) is 12.3 Å². The lowest BCUT2D eigenvalue weighted by Gasteiger charge is -2.08. The molecule has 0 spiro atoms. The molecule has 0 aliphatic rings. The predicted molar refractivity (Wildman–Crippen MR) is 41.9 cm³/mol. The van der Waals surface area contributed by atoms with Gasteiger partial charge in [-0.3, -0.25) is 0 Å². The Morgan fingerprint density at radius 1 is 1.55 bits per heavy atom. The maximum Gasteiger partial charge on any atom is 0.372 e. The second-order valence-electron chi connectivity index (χ2n) is 2.62. The summed E-state index contributed by atoms with van der Waals surface area (Å²) in [4.78, 5) is 10.7. The predicted octanol–water partition coefficient (Wildman–Crippen LogP) is 1.35. The van der Waals surface area contributed by atoms with Crippen LogP contribution in [0.4, 0.5) is 0 Å². The van der Waals surface area contributed by atoms with Crippen molar-refractivity contribution in [1.29, 1.82) is 0 Å². The van der Waals surface area contributed by atoms with E-state index in [0.29, 0.717) is 12.5 Å². The van der Waals surface area contributed by atoms with Crippen LogP contribution in [0, 0.1) is 5.92 Å². The van der Waals surface area contributed by atoms with Gasteiger partial charge in [-0.25, -0.2) is 4.79 Å². The molecule has 0 aromatic carbocycles. The fourth-order valence-corrected chi connectivity index (χ4v) is 0.440. The minimum atomic E-state index is -0.509. The first-order valence-corrected chi connectivity index (χ1v) is 3.48. The lowest BCUT2D eigenvalue weighted by atomic mass is 10.2. The zero-order valence-electron chi connectivity index (χ0n) is 7.22. The lowest BCUT2D eigenvalue weighted by Crippen LogP contribution is -2.10. The van der Waals surface area contributed by atoms with Gasteiger partial charge in [0.1, 0.15) is 0 Å². The first-order valence-electron chi connectivity index (χ1n) is 3.48. The second kappa shape index (κ2) is 4.77. The van der Waals surface area contributed by atoms with E-state index >= 15 is 0 Å². The molecular formula is C8H14O3. The molecule has 0 rings (SSSR count). The molecule has 0 aliphatic carbocycles. The van der Waals surface area contributed by atoms with Gasteiger partial charge in [0.25, 0.3) is 0 Å². The third-order valence-corrected chi connectivity index (χ3v) is 1.00. The van der Waals surface area contributed by atoms with Crippen LogP contribution in [0.2, 0.25) is 0 Å². The number of hydrogen-bond donors (Lipinski definition) is 0. The average molecular weight is 158 g/mol. The van der Waals surface area contributed by atoms with E-state index in [2.05, 4.69) is 11.3 Å². The molecule has 3 nitrogen and oxygen atoms in total. The summed E-state index contributed by atoms with van der Waals surface area (Å²) in [5.41, 5.74) is 0. The molecule has 0 heterocycles. The minimum Gasteiger partial charge on any atom is -0.487 e. The van der Waals surface area contributed by atoms with Crippen molar-refractivity contribution in [2.75, 3.05) is 13.7 Å². The Labute approximate surface area is 67.0 Å². The summed E-state index contributed by atoms with van der Waals surface area (Å²) in [5, 5.41) is 0. The van der Waals surface area contributed by atoms with Crippen LogP contribution in [0.25, 0.3) is 0 Å². The molecule has 0 unspecified atom stereocenters. The normalized spacial score (nSPS) is 9.45. The van der Waals surface area contributed by atoms with Crippen LogP contribution in [-0.2, 0) is 14.3 Å². The summed E-state index contributed by atoms with van der Waals surface area (Å²) >= 11 is 0. The van der Waals surface area contributed by atoms with E-state index in [1.54, 1.807) is 0 Å². The van der Waals surface area contributed by atoms with Crippen molar-refractivity contribution >= 4 is 5.97 Å². The van der Waals surface area contributed by atoms with E-state index in [1.165, 1.54) is 7.11 Å². The van der Waals surface area contributed by atoms with Crippen molar-refractivity contribution in [3.8, 4) is 0 Å². The zero-order chi connectivity index (χ0) is 8.85. The van der Waals surface area contributed by atoms with Crippen molar-refractivity contribution in [3.63, 3.8) is 0 Å². The molecule has 0 atom stereocenters. The van der Waals surface area contributed by atoms with Crippen molar-refractivity contribution in [2.45, 2.75) is 13.8 Å². The minimum absolute atomic E-state index is 0.0706. The SMILES string of the molecule is C=C(OCC(C)C)C(=O)OC. The quantitative estimate of drug-likeness (QED) is 0.352. The van der Waals surface area contributed by atoms with Gasteiger partial charge in [-0.05, 0) is 12.5 Å². The molecular weight excluding hydrogens is 144 g/mol. The molecule has 0 N–H and O–H groups in total. The van der Waals surface area contributed by atoms with Gasteiger partial charge in [0, 0.05) is 0 Å². The van der Waals surface area contributed by atoms with E-state index in [-0.39, 0.29) is 5.76 Å². The summed E-state index contributed by atoms with van der Waals surface area (Å²) in [5.74, 6) is -0.0525. The Hall–Kier alpha value is -0.990. The van der Waals surface area contributed by atoms with Gasteiger partial charge in [-0.15, -0.1) is 0 Å². The Morgan fingerprint density at radius 2 is 2.09 bits per heavy atom. The number of methoxy groups -OCH3 is 1. The highest BCUT2D eigenvalue weighted by Gasteiger charge is 2.07. The maximum absolute atomic E-state index is 10.7. The molecule has 0 aliphatic heterocycles. The molecule has 0 fully saturated rings. The molecule has 3 heteroatoms. The molecule has 0 saturated carbocycles. The summed E-state index contributed by atoms with van der Waals surface area (Å²) in [6, 6.07) is 0. The molecule has 0 amide bonds. The molecule has 11 heavy (non-hydrogen) atoms. The summed E-state index contributed by atoms with van der Waals surface area (Å²) in [7, 11) is 1.30. The highest BCUT2D eigenvalue weighted by Crippen LogP contribution is 2.00. The van der Waals surface area contributed by atoms with Crippen LogP contribution in [0.15, 0.2) is 12.3 Å². The second-order valence-corrected chi connectivity index (χ2v) is 2.62. The van der Waals surface area contributed by atoms with E-state index in [9.17, 15) is 4.79 Å². The van der Waals surface area contributed by atoms with Gasteiger partial charge in [-0.2, -0.15) is 0 Å². The van der Waals surface area contributed by atoms with Gasteiger partial charge in [0.05, 0.1) is 13.7 Å². The molecule has 0 radical (unpaired) electrons. The Morgan fingerprint density at radius 3 is 2.45 bits per heavy atom. The number of ether oxygens (including phenoxy) is 2. The lowest BCUT2D eigenvalue weighted by molar-refractivity contribution is -0.140. The Kier molecular flexibility index (Phi) is 4.34. The fraction of sp³-hybridized carbons (Fsp3) is 0.625. The molecule has 0 bridgehead atoms. The van der Waals surface area contributed by atoms with Crippen LogP contribution < -0.4 is 0 Å². The third-order valence-electron chi connectivity index (χ3n) is 1.00. The number of hydrogen-bond acceptors (Lipinski definition) is 3. The van der Waals surface area contributed by atoms with Gasteiger partial charge < -0.3 is 9.47 Å². The van der Waals surface area contributed by atoms with Crippen molar-refractivity contribution in [2.24, 2.45) is 5.92 Å². The van der Waals surface area contributed by atoms with Crippen LogP contribution in [-0.4, -0.2) is 19.7 Å². The van der Waals surface area contributed by atoms with Crippen molar-refractivity contribution in [1.82, 2.24) is 0 Å². The van der Waals surface area contributed by atoms with E-state index in [1.807, 2.05) is 13.8 Å². The summed E-state index contributed by atoms with van der Waals surface area (Å²) < 4.78 is 9.37. The van der Waals surface area contributed by atoms with Crippen LogP contribution in [0.3, 0.4) is 0 Å². The van der Waals surface area contributed by atoms with E-state index in [0.717, 1.165) is 0 Å². The first kappa shape index (κ1) is 10.0. The van der Waals surface area contributed by atoms with Crippen LogP contribution >= 0.6 is 0 Å². The van der Waals surface area contributed by atoms with Crippen molar-refractivity contribution < 1.29 is 14.3 Å². The summed E-state index contributed by atoms with van der Waals surface area (Å²) in [6.07, 6.45) is 0. The van der Waals surface area contributed by atoms with Crippen LogP contribution in [0.1, 0.15) is 13.8 Å².